The van der Waals surface area contributed by atoms with Crippen LogP contribution in [0.4, 0.5) is 11.6 Å². The molecule has 1 unspecified atom stereocenters. The highest BCUT2D eigenvalue weighted by Crippen LogP contribution is 2.30. The van der Waals surface area contributed by atoms with Crippen molar-refractivity contribution in [3.63, 3.8) is 0 Å². The number of carbonyl (C=O) groups excluding carboxylic acids is 1. The number of hydrogen-bond acceptors (Lipinski definition) is 5. The van der Waals surface area contributed by atoms with E-state index in [2.05, 4.69) is 20.2 Å². The van der Waals surface area contributed by atoms with Crippen LogP contribution in [0.1, 0.15) is 26.7 Å². The van der Waals surface area contributed by atoms with Gasteiger partial charge in [0, 0.05) is 25.6 Å². The fourth-order valence-electron chi connectivity index (χ4n) is 2.47. The molecule has 0 aliphatic carbocycles. The topological polar surface area (TPSA) is 84.1 Å². The number of nitrogens with zero attached hydrogens (tertiary/aromatic N) is 3. The number of amides is 1. The van der Waals surface area contributed by atoms with Gasteiger partial charge in [-0.3, -0.25) is 4.79 Å². The summed E-state index contributed by atoms with van der Waals surface area (Å²) in [5, 5.41) is 3.40. The minimum Gasteiger partial charge on any atom is -0.382 e. The molecule has 2 heterocycles. The van der Waals surface area contributed by atoms with E-state index in [1.807, 2.05) is 13.8 Å². The molecule has 7 heteroatoms. The van der Waals surface area contributed by atoms with Gasteiger partial charge in [-0.25, -0.2) is 9.97 Å². The molecule has 0 saturated carbocycles. The van der Waals surface area contributed by atoms with E-state index in [0.29, 0.717) is 29.1 Å². The summed E-state index contributed by atoms with van der Waals surface area (Å²) in [4.78, 5) is 21.9. The highest BCUT2D eigenvalue weighted by atomic mass is 35.5. The number of aromatic nitrogens is 2. The van der Waals surface area contributed by atoms with Crippen molar-refractivity contribution in [1.82, 2.24) is 15.3 Å². The first-order chi connectivity index (χ1) is 9.99. The van der Waals surface area contributed by atoms with Gasteiger partial charge in [-0.2, -0.15) is 0 Å². The number of rotatable bonds is 4. The van der Waals surface area contributed by atoms with Crippen LogP contribution in [-0.4, -0.2) is 35.5 Å². The summed E-state index contributed by atoms with van der Waals surface area (Å²) in [5.74, 6) is 1.49. The number of nitrogens with one attached hydrogen (secondary N) is 1. The van der Waals surface area contributed by atoms with Gasteiger partial charge in [0.1, 0.15) is 17.2 Å². The molecule has 1 aliphatic heterocycles. The number of halogens is 1. The van der Waals surface area contributed by atoms with Gasteiger partial charge in [0.05, 0.1) is 0 Å². The zero-order valence-corrected chi connectivity index (χ0v) is 13.2. The first kappa shape index (κ1) is 15.8. The molecule has 0 bridgehead atoms. The lowest BCUT2D eigenvalue weighted by atomic mass is 9.97. The first-order valence-corrected chi connectivity index (χ1v) is 7.65. The van der Waals surface area contributed by atoms with Crippen molar-refractivity contribution in [1.29, 1.82) is 0 Å². The molecule has 6 nitrogen and oxygen atoms in total. The van der Waals surface area contributed by atoms with Gasteiger partial charge < -0.3 is 16.0 Å². The molecule has 1 fully saturated rings. The summed E-state index contributed by atoms with van der Waals surface area (Å²) >= 11 is 6.18. The van der Waals surface area contributed by atoms with E-state index in [1.165, 1.54) is 6.33 Å². The van der Waals surface area contributed by atoms with Gasteiger partial charge in [-0.15, -0.1) is 0 Å². The van der Waals surface area contributed by atoms with Crippen LogP contribution in [0.2, 0.25) is 5.02 Å². The number of nitrogen functional groups attached to an aromatic ring is 1. The Balaban J connectivity index is 1.97. The predicted octanol–water partition coefficient (Wildman–Crippen LogP) is 1.70. The molecule has 21 heavy (non-hydrogen) atoms. The molecule has 1 aromatic rings. The average Bonchev–Trinajstić information content (AvgIpc) is 2.47. The lowest BCUT2D eigenvalue weighted by molar-refractivity contribution is -0.124. The maximum atomic E-state index is 11.7. The van der Waals surface area contributed by atoms with E-state index < -0.39 is 0 Å². The Hall–Kier alpha value is -1.56. The molecular formula is C14H22ClN5O. The van der Waals surface area contributed by atoms with Crippen molar-refractivity contribution in [2.75, 3.05) is 30.3 Å². The number of nitrogens with two attached hydrogens (primary N) is 1. The van der Waals surface area contributed by atoms with Crippen molar-refractivity contribution in [3.8, 4) is 0 Å². The van der Waals surface area contributed by atoms with Gasteiger partial charge in [0.25, 0.3) is 0 Å². The maximum absolute atomic E-state index is 11.7. The summed E-state index contributed by atoms with van der Waals surface area (Å²) in [7, 11) is 0. The normalized spacial score (nSPS) is 18.9. The second kappa shape index (κ2) is 6.93. The average molecular weight is 312 g/mol. The van der Waals surface area contributed by atoms with E-state index in [-0.39, 0.29) is 11.8 Å². The van der Waals surface area contributed by atoms with Crippen LogP contribution in [-0.2, 0) is 4.79 Å². The molecule has 1 amide bonds. The Bertz CT molecular complexity index is 508. The molecule has 3 N–H and O–H groups in total. The fraction of sp³-hybridized carbons (Fsp3) is 0.643. The van der Waals surface area contributed by atoms with E-state index in [9.17, 15) is 4.79 Å². The van der Waals surface area contributed by atoms with Crippen LogP contribution in [0.5, 0.6) is 0 Å². The van der Waals surface area contributed by atoms with E-state index >= 15 is 0 Å². The largest absolute Gasteiger partial charge is 0.382 e. The third kappa shape index (κ3) is 3.97. The lowest BCUT2D eigenvalue weighted by Crippen LogP contribution is -2.42. The number of anilines is 2. The Morgan fingerprint density at radius 2 is 2.33 bits per heavy atom. The van der Waals surface area contributed by atoms with Crippen molar-refractivity contribution < 1.29 is 4.79 Å². The van der Waals surface area contributed by atoms with Crippen molar-refractivity contribution in [2.24, 2.45) is 11.8 Å². The highest BCUT2D eigenvalue weighted by Gasteiger charge is 2.24. The van der Waals surface area contributed by atoms with Crippen molar-refractivity contribution >= 4 is 29.1 Å². The van der Waals surface area contributed by atoms with Gasteiger partial charge in [0.15, 0.2) is 5.82 Å². The summed E-state index contributed by atoms with van der Waals surface area (Å²) in [5.41, 5.74) is 5.73. The Morgan fingerprint density at radius 1 is 1.57 bits per heavy atom. The molecule has 1 aromatic heterocycles. The Morgan fingerprint density at radius 3 is 3.05 bits per heavy atom. The zero-order chi connectivity index (χ0) is 15.4. The maximum Gasteiger partial charge on any atom is 0.222 e. The zero-order valence-electron chi connectivity index (χ0n) is 12.5. The van der Waals surface area contributed by atoms with Crippen LogP contribution in [0.15, 0.2) is 6.33 Å². The third-order valence-corrected chi connectivity index (χ3v) is 4.07. The summed E-state index contributed by atoms with van der Waals surface area (Å²) in [6.07, 6.45) is 3.57. The molecule has 0 spiro atoms. The van der Waals surface area contributed by atoms with Gasteiger partial charge in [-0.1, -0.05) is 25.4 Å². The van der Waals surface area contributed by atoms with Gasteiger partial charge >= 0.3 is 0 Å². The smallest absolute Gasteiger partial charge is 0.222 e. The van der Waals surface area contributed by atoms with Crippen LogP contribution in [0.25, 0.3) is 0 Å². The van der Waals surface area contributed by atoms with E-state index in [1.54, 1.807) is 0 Å². The Kier molecular flexibility index (Phi) is 5.22. The Labute approximate surface area is 130 Å². The van der Waals surface area contributed by atoms with Gasteiger partial charge in [0.2, 0.25) is 5.91 Å². The van der Waals surface area contributed by atoms with Crippen molar-refractivity contribution in [2.45, 2.75) is 26.7 Å². The van der Waals surface area contributed by atoms with E-state index in [4.69, 9.17) is 17.3 Å². The molecule has 0 aromatic carbocycles. The highest BCUT2D eigenvalue weighted by molar-refractivity contribution is 6.35. The fourth-order valence-corrected chi connectivity index (χ4v) is 2.68. The second-order valence-corrected chi connectivity index (χ2v) is 6.13. The summed E-state index contributed by atoms with van der Waals surface area (Å²) < 4.78 is 0. The predicted molar refractivity (Wildman–Crippen MR) is 84.2 cm³/mol. The number of hydrogen-bond donors (Lipinski definition) is 2. The second-order valence-electron chi connectivity index (χ2n) is 5.75. The third-order valence-electron chi connectivity index (χ3n) is 3.71. The minimum absolute atomic E-state index is 0.0146. The minimum atomic E-state index is 0.0146. The molecule has 1 saturated heterocycles. The van der Waals surface area contributed by atoms with Crippen LogP contribution < -0.4 is 16.0 Å². The standard InChI is InChI=1S/C14H22ClN5O/c1-9(2)14(21)17-6-10-4-3-5-20(7-10)13-11(15)12(16)18-8-19-13/h8-10H,3-7H2,1-2H3,(H,17,21)(H2,16,18,19). The van der Waals surface area contributed by atoms with Crippen molar-refractivity contribution in [3.05, 3.63) is 11.3 Å². The van der Waals surface area contributed by atoms with Crippen LogP contribution in [0.3, 0.4) is 0 Å². The molecule has 2 rings (SSSR count). The number of carbonyl (C=O) groups is 1. The van der Waals surface area contributed by atoms with Crippen LogP contribution in [0, 0.1) is 11.8 Å². The molecule has 116 valence electrons. The molecule has 1 aliphatic rings. The monoisotopic (exact) mass is 311 g/mol. The summed E-state index contributed by atoms with van der Waals surface area (Å²) in [6.45, 7) is 6.18. The SMILES string of the molecule is CC(C)C(=O)NCC1CCCN(c2ncnc(N)c2Cl)C1. The quantitative estimate of drug-likeness (QED) is 0.884. The first-order valence-electron chi connectivity index (χ1n) is 7.27. The van der Waals surface area contributed by atoms with Crippen LogP contribution >= 0.6 is 11.6 Å². The molecule has 0 radical (unpaired) electrons. The lowest BCUT2D eigenvalue weighted by Gasteiger charge is -2.34. The number of piperidine rings is 1. The van der Waals surface area contributed by atoms with Gasteiger partial charge in [-0.05, 0) is 18.8 Å². The molecular weight excluding hydrogens is 290 g/mol. The van der Waals surface area contributed by atoms with E-state index in [0.717, 1.165) is 25.9 Å². The summed E-state index contributed by atoms with van der Waals surface area (Å²) in [6, 6.07) is 0. The molecule has 1 atom stereocenters.